The van der Waals surface area contributed by atoms with Crippen LogP contribution in [0.25, 0.3) is 0 Å². The first kappa shape index (κ1) is 14.5. The Morgan fingerprint density at radius 1 is 1.61 bits per heavy atom. The van der Waals surface area contributed by atoms with Crippen molar-refractivity contribution in [3.05, 3.63) is 28.5 Å². The largest absolute Gasteiger partial charge is 0.338 e. The Bertz CT molecular complexity index is 461. The number of nitriles is 1. The summed E-state index contributed by atoms with van der Waals surface area (Å²) >= 11 is 5.84. The fourth-order valence-corrected chi connectivity index (χ4v) is 1.91. The molecule has 96 valence electrons. The van der Waals surface area contributed by atoms with Crippen molar-refractivity contribution in [1.82, 2.24) is 9.88 Å². The first-order valence-corrected chi connectivity index (χ1v) is 6.18. The summed E-state index contributed by atoms with van der Waals surface area (Å²) in [6, 6.07) is 5.38. The molecule has 0 aromatic carbocycles. The highest BCUT2D eigenvalue weighted by molar-refractivity contribution is 6.29. The van der Waals surface area contributed by atoms with Crippen LogP contribution in [0, 0.1) is 24.2 Å². The molecule has 0 bridgehead atoms. The SMILES string of the molecule is CCN(CC(C)C#N)C(=O)c1cc(C)nc(Cl)c1. The summed E-state index contributed by atoms with van der Waals surface area (Å²) in [5.74, 6) is -0.306. The van der Waals surface area contributed by atoms with Crippen molar-refractivity contribution in [2.45, 2.75) is 20.8 Å². The van der Waals surface area contributed by atoms with E-state index >= 15 is 0 Å². The number of pyridine rings is 1. The van der Waals surface area contributed by atoms with Gasteiger partial charge in [0.05, 0.1) is 12.0 Å². The minimum atomic E-state index is -0.188. The van der Waals surface area contributed by atoms with Gasteiger partial charge in [-0.2, -0.15) is 5.26 Å². The lowest BCUT2D eigenvalue weighted by Gasteiger charge is -2.22. The maximum Gasteiger partial charge on any atom is 0.254 e. The van der Waals surface area contributed by atoms with Crippen LogP contribution in [0.4, 0.5) is 0 Å². The van der Waals surface area contributed by atoms with Gasteiger partial charge in [-0.05, 0) is 32.9 Å². The van der Waals surface area contributed by atoms with Crippen molar-refractivity contribution in [2.24, 2.45) is 5.92 Å². The number of amides is 1. The van der Waals surface area contributed by atoms with Crippen LogP contribution >= 0.6 is 11.6 Å². The zero-order chi connectivity index (χ0) is 13.7. The van der Waals surface area contributed by atoms with Gasteiger partial charge in [-0.1, -0.05) is 11.6 Å². The number of aryl methyl sites for hydroxylation is 1. The molecule has 1 amide bonds. The Kier molecular flexibility index (Phi) is 5.11. The molecule has 0 spiro atoms. The molecule has 0 aliphatic heterocycles. The lowest BCUT2D eigenvalue weighted by Crippen LogP contribution is -2.34. The van der Waals surface area contributed by atoms with E-state index in [9.17, 15) is 4.79 Å². The molecule has 0 saturated heterocycles. The van der Waals surface area contributed by atoms with Crippen molar-refractivity contribution in [2.75, 3.05) is 13.1 Å². The Balaban J connectivity index is 2.93. The number of nitrogens with zero attached hydrogens (tertiary/aromatic N) is 3. The smallest absolute Gasteiger partial charge is 0.254 e. The summed E-state index contributed by atoms with van der Waals surface area (Å²) < 4.78 is 0. The number of carbonyl (C=O) groups excluding carboxylic acids is 1. The molecular weight excluding hydrogens is 250 g/mol. The maximum atomic E-state index is 12.3. The third kappa shape index (κ3) is 3.71. The lowest BCUT2D eigenvalue weighted by molar-refractivity contribution is 0.0752. The van der Waals surface area contributed by atoms with E-state index in [4.69, 9.17) is 16.9 Å². The Morgan fingerprint density at radius 3 is 2.78 bits per heavy atom. The average Bonchev–Trinajstić information content (AvgIpc) is 2.33. The molecule has 1 unspecified atom stereocenters. The lowest BCUT2D eigenvalue weighted by atomic mass is 10.1. The molecule has 1 aromatic heterocycles. The maximum absolute atomic E-state index is 12.3. The topological polar surface area (TPSA) is 57.0 Å². The van der Waals surface area contributed by atoms with Crippen LogP contribution in [0.3, 0.4) is 0 Å². The van der Waals surface area contributed by atoms with Crippen LogP contribution in [0.2, 0.25) is 5.15 Å². The van der Waals surface area contributed by atoms with Crippen LogP contribution in [-0.4, -0.2) is 28.9 Å². The highest BCUT2D eigenvalue weighted by atomic mass is 35.5. The van der Waals surface area contributed by atoms with E-state index in [1.165, 1.54) is 0 Å². The molecule has 0 fully saturated rings. The van der Waals surface area contributed by atoms with E-state index in [0.29, 0.717) is 29.5 Å². The molecular formula is C13H16ClN3O. The molecule has 4 nitrogen and oxygen atoms in total. The van der Waals surface area contributed by atoms with Gasteiger partial charge in [0.25, 0.3) is 5.91 Å². The number of halogens is 1. The monoisotopic (exact) mass is 265 g/mol. The summed E-state index contributed by atoms with van der Waals surface area (Å²) in [6.07, 6.45) is 0. The number of aromatic nitrogens is 1. The summed E-state index contributed by atoms with van der Waals surface area (Å²) in [4.78, 5) is 17.9. The van der Waals surface area contributed by atoms with Crippen molar-refractivity contribution >= 4 is 17.5 Å². The standard InChI is InChI=1S/C13H16ClN3O/c1-4-17(8-9(2)7-15)13(18)11-5-10(3)16-12(14)6-11/h5-6,9H,4,8H2,1-3H3. The fourth-order valence-electron chi connectivity index (χ4n) is 1.66. The van der Waals surface area contributed by atoms with Gasteiger partial charge in [-0.3, -0.25) is 4.79 Å². The summed E-state index contributed by atoms with van der Waals surface area (Å²) in [6.45, 7) is 6.45. The average molecular weight is 266 g/mol. The minimum absolute atomic E-state index is 0.119. The van der Waals surface area contributed by atoms with Gasteiger partial charge in [0, 0.05) is 24.3 Å². The van der Waals surface area contributed by atoms with Crippen LogP contribution in [-0.2, 0) is 0 Å². The molecule has 0 aliphatic rings. The summed E-state index contributed by atoms with van der Waals surface area (Å²) in [7, 11) is 0. The van der Waals surface area contributed by atoms with E-state index < -0.39 is 0 Å². The van der Waals surface area contributed by atoms with Crippen molar-refractivity contribution in [1.29, 1.82) is 5.26 Å². The molecule has 1 heterocycles. The van der Waals surface area contributed by atoms with E-state index in [1.807, 2.05) is 6.92 Å². The van der Waals surface area contributed by atoms with E-state index in [-0.39, 0.29) is 11.8 Å². The molecule has 18 heavy (non-hydrogen) atoms. The van der Waals surface area contributed by atoms with Gasteiger partial charge in [-0.25, -0.2) is 4.98 Å². The molecule has 0 saturated carbocycles. The quantitative estimate of drug-likeness (QED) is 0.787. The summed E-state index contributed by atoms with van der Waals surface area (Å²) in [5.41, 5.74) is 1.22. The number of carbonyl (C=O) groups is 1. The van der Waals surface area contributed by atoms with E-state index in [2.05, 4.69) is 11.1 Å². The molecule has 0 radical (unpaired) electrons. The zero-order valence-corrected chi connectivity index (χ0v) is 11.5. The van der Waals surface area contributed by atoms with Gasteiger partial charge in [0.1, 0.15) is 5.15 Å². The third-order valence-electron chi connectivity index (χ3n) is 2.55. The highest BCUT2D eigenvalue weighted by Crippen LogP contribution is 2.13. The van der Waals surface area contributed by atoms with Crippen molar-refractivity contribution in [3.63, 3.8) is 0 Å². The molecule has 0 N–H and O–H groups in total. The first-order valence-electron chi connectivity index (χ1n) is 5.81. The third-order valence-corrected chi connectivity index (χ3v) is 2.75. The molecule has 1 rings (SSSR count). The van der Waals surface area contributed by atoms with Gasteiger partial charge in [0.15, 0.2) is 0 Å². The van der Waals surface area contributed by atoms with Crippen LogP contribution in [0.1, 0.15) is 29.9 Å². The second-order valence-electron chi connectivity index (χ2n) is 4.19. The molecule has 1 atom stereocenters. The normalized spacial score (nSPS) is 11.7. The number of hydrogen-bond donors (Lipinski definition) is 0. The van der Waals surface area contributed by atoms with Crippen molar-refractivity contribution < 1.29 is 4.79 Å². The summed E-state index contributed by atoms with van der Waals surface area (Å²) in [5, 5.41) is 9.11. The Labute approximate surface area is 112 Å². The minimum Gasteiger partial charge on any atom is -0.338 e. The van der Waals surface area contributed by atoms with Crippen molar-refractivity contribution in [3.8, 4) is 6.07 Å². The van der Waals surface area contributed by atoms with Gasteiger partial charge in [-0.15, -0.1) is 0 Å². The van der Waals surface area contributed by atoms with Crippen LogP contribution in [0.15, 0.2) is 12.1 Å². The predicted molar refractivity (Wildman–Crippen MR) is 70.3 cm³/mol. The Morgan fingerprint density at radius 2 is 2.28 bits per heavy atom. The van der Waals surface area contributed by atoms with Crippen LogP contribution < -0.4 is 0 Å². The molecule has 0 aliphatic carbocycles. The fraction of sp³-hybridized carbons (Fsp3) is 0.462. The van der Waals surface area contributed by atoms with Gasteiger partial charge < -0.3 is 4.90 Å². The van der Waals surface area contributed by atoms with Crippen LogP contribution in [0.5, 0.6) is 0 Å². The molecule has 1 aromatic rings. The highest BCUT2D eigenvalue weighted by Gasteiger charge is 2.17. The molecule has 5 heteroatoms. The van der Waals surface area contributed by atoms with E-state index in [0.717, 1.165) is 0 Å². The van der Waals surface area contributed by atoms with Gasteiger partial charge >= 0.3 is 0 Å². The predicted octanol–water partition coefficient (Wildman–Crippen LogP) is 2.67. The van der Waals surface area contributed by atoms with E-state index in [1.54, 1.807) is 30.9 Å². The van der Waals surface area contributed by atoms with Gasteiger partial charge in [0.2, 0.25) is 0 Å². The second-order valence-corrected chi connectivity index (χ2v) is 4.58. The number of hydrogen-bond acceptors (Lipinski definition) is 3. The first-order chi connectivity index (χ1) is 8.47. The second kappa shape index (κ2) is 6.36. The zero-order valence-electron chi connectivity index (χ0n) is 10.8. The number of rotatable bonds is 4. The Hall–Kier alpha value is -1.60.